The summed E-state index contributed by atoms with van der Waals surface area (Å²) in [5, 5.41) is 6.41. The van der Waals surface area contributed by atoms with Crippen LogP contribution in [-0.4, -0.2) is 21.5 Å². The molecule has 0 aliphatic rings. The Bertz CT molecular complexity index is 563. The second-order valence-electron chi connectivity index (χ2n) is 5.34. The van der Waals surface area contributed by atoms with Crippen molar-refractivity contribution in [3.63, 3.8) is 0 Å². The zero-order chi connectivity index (χ0) is 14.5. The van der Waals surface area contributed by atoms with Crippen LogP contribution in [0.25, 0.3) is 11.5 Å². The molecule has 0 bridgehead atoms. The Labute approximate surface area is 124 Å². The minimum Gasteiger partial charge on any atom is -0.370 e. The van der Waals surface area contributed by atoms with Crippen LogP contribution in [0, 0.1) is 12.8 Å². The van der Waals surface area contributed by atoms with Gasteiger partial charge in [0, 0.05) is 23.7 Å². The van der Waals surface area contributed by atoms with E-state index in [1.165, 1.54) is 0 Å². The van der Waals surface area contributed by atoms with Crippen LogP contribution in [0.5, 0.6) is 0 Å². The number of aryl methyl sites for hydroxylation is 1. The van der Waals surface area contributed by atoms with E-state index in [2.05, 4.69) is 47.1 Å². The molecule has 4 nitrogen and oxygen atoms in total. The zero-order valence-corrected chi connectivity index (χ0v) is 13.4. The van der Waals surface area contributed by atoms with Crippen molar-refractivity contribution in [1.82, 2.24) is 15.0 Å². The standard InChI is InChI=1S/C15H22N4S/c1-5-6-16-14-8-12(7-10(2)3)18-15(19-14)13-9-20-11(4)17-13/h8-10H,5-7H2,1-4H3,(H,16,18,19). The molecule has 0 radical (unpaired) electrons. The van der Waals surface area contributed by atoms with E-state index in [4.69, 9.17) is 0 Å². The monoisotopic (exact) mass is 290 g/mol. The van der Waals surface area contributed by atoms with Gasteiger partial charge in [0.25, 0.3) is 0 Å². The van der Waals surface area contributed by atoms with Gasteiger partial charge in [-0.1, -0.05) is 20.8 Å². The Morgan fingerprint density at radius 2 is 2.05 bits per heavy atom. The first-order chi connectivity index (χ1) is 9.58. The third-order valence-electron chi connectivity index (χ3n) is 2.80. The SMILES string of the molecule is CCCNc1cc(CC(C)C)nc(-c2csc(C)n2)n1. The van der Waals surface area contributed by atoms with Crippen molar-refractivity contribution in [3.8, 4) is 11.5 Å². The fraction of sp³-hybridized carbons (Fsp3) is 0.533. The molecule has 2 heterocycles. The number of hydrogen-bond donors (Lipinski definition) is 1. The molecule has 0 fully saturated rings. The van der Waals surface area contributed by atoms with Gasteiger partial charge in [0.2, 0.25) is 0 Å². The summed E-state index contributed by atoms with van der Waals surface area (Å²) in [6.07, 6.45) is 2.04. The molecule has 0 atom stereocenters. The second-order valence-corrected chi connectivity index (χ2v) is 6.41. The first kappa shape index (κ1) is 14.9. The lowest BCUT2D eigenvalue weighted by Gasteiger charge is -2.10. The van der Waals surface area contributed by atoms with Crippen LogP contribution in [0.4, 0.5) is 5.82 Å². The molecule has 0 spiro atoms. The van der Waals surface area contributed by atoms with Gasteiger partial charge in [-0.25, -0.2) is 15.0 Å². The van der Waals surface area contributed by atoms with E-state index in [1.54, 1.807) is 11.3 Å². The molecular formula is C15H22N4S. The van der Waals surface area contributed by atoms with Crippen molar-refractivity contribution in [3.05, 3.63) is 22.1 Å². The van der Waals surface area contributed by atoms with Crippen LogP contribution < -0.4 is 5.32 Å². The molecule has 5 heteroatoms. The van der Waals surface area contributed by atoms with E-state index in [9.17, 15) is 0 Å². The Kier molecular flexibility index (Phi) is 5.06. The summed E-state index contributed by atoms with van der Waals surface area (Å²) in [6.45, 7) is 9.48. The Hall–Kier alpha value is -1.49. The second kappa shape index (κ2) is 6.79. The van der Waals surface area contributed by atoms with Crippen molar-refractivity contribution in [2.24, 2.45) is 5.92 Å². The van der Waals surface area contributed by atoms with Gasteiger partial charge < -0.3 is 5.32 Å². The molecule has 1 N–H and O–H groups in total. The largest absolute Gasteiger partial charge is 0.370 e. The smallest absolute Gasteiger partial charge is 0.181 e. The molecule has 0 aromatic carbocycles. The van der Waals surface area contributed by atoms with E-state index < -0.39 is 0 Å². The summed E-state index contributed by atoms with van der Waals surface area (Å²) in [7, 11) is 0. The molecular weight excluding hydrogens is 268 g/mol. The minimum atomic E-state index is 0.578. The van der Waals surface area contributed by atoms with Crippen molar-refractivity contribution >= 4 is 17.2 Å². The third-order valence-corrected chi connectivity index (χ3v) is 3.57. The van der Waals surface area contributed by atoms with E-state index >= 15 is 0 Å². The van der Waals surface area contributed by atoms with Crippen molar-refractivity contribution < 1.29 is 0 Å². The number of nitrogens with one attached hydrogen (secondary N) is 1. The van der Waals surface area contributed by atoms with Crippen LogP contribution in [0.15, 0.2) is 11.4 Å². The summed E-state index contributed by atoms with van der Waals surface area (Å²) in [5.41, 5.74) is 1.95. The summed E-state index contributed by atoms with van der Waals surface area (Å²) in [4.78, 5) is 13.7. The number of hydrogen-bond acceptors (Lipinski definition) is 5. The number of thiazole rings is 1. The first-order valence-corrected chi connectivity index (χ1v) is 8.00. The lowest BCUT2D eigenvalue weighted by Crippen LogP contribution is -2.07. The summed E-state index contributed by atoms with van der Waals surface area (Å²) >= 11 is 1.63. The molecule has 0 saturated carbocycles. The fourth-order valence-corrected chi connectivity index (χ4v) is 2.54. The van der Waals surface area contributed by atoms with Crippen molar-refractivity contribution in [1.29, 1.82) is 0 Å². The van der Waals surface area contributed by atoms with Crippen molar-refractivity contribution in [2.45, 2.75) is 40.5 Å². The highest BCUT2D eigenvalue weighted by Gasteiger charge is 2.10. The highest BCUT2D eigenvalue weighted by molar-refractivity contribution is 7.09. The van der Waals surface area contributed by atoms with Gasteiger partial charge in [0.05, 0.1) is 5.01 Å². The minimum absolute atomic E-state index is 0.578. The first-order valence-electron chi connectivity index (χ1n) is 7.12. The molecule has 0 aliphatic heterocycles. The number of rotatable bonds is 6. The Balaban J connectivity index is 2.34. The fourth-order valence-electron chi connectivity index (χ4n) is 1.94. The molecule has 0 saturated heterocycles. The zero-order valence-electron chi connectivity index (χ0n) is 12.6. The van der Waals surface area contributed by atoms with Gasteiger partial charge in [0.15, 0.2) is 5.82 Å². The predicted molar refractivity (Wildman–Crippen MR) is 85.2 cm³/mol. The Morgan fingerprint density at radius 3 is 2.65 bits per heavy atom. The summed E-state index contributed by atoms with van der Waals surface area (Å²) < 4.78 is 0. The van der Waals surface area contributed by atoms with Crippen LogP contribution in [0.1, 0.15) is 37.9 Å². The lowest BCUT2D eigenvalue weighted by atomic mass is 10.1. The van der Waals surface area contributed by atoms with Gasteiger partial charge in [-0.2, -0.15) is 0 Å². The van der Waals surface area contributed by atoms with E-state index in [0.29, 0.717) is 5.92 Å². The summed E-state index contributed by atoms with van der Waals surface area (Å²) in [5.74, 6) is 2.21. The molecule has 0 unspecified atom stereocenters. The number of aromatic nitrogens is 3. The average molecular weight is 290 g/mol. The highest BCUT2D eigenvalue weighted by atomic mass is 32.1. The molecule has 0 aliphatic carbocycles. The normalized spacial score (nSPS) is 11.1. The van der Waals surface area contributed by atoms with Crippen LogP contribution >= 0.6 is 11.3 Å². The molecule has 20 heavy (non-hydrogen) atoms. The van der Waals surface area contributed by atoms with Crippen LogP contribution in [0.3, 0.4) is 0 Å². The van der Waals surface area contributed by atoms with Crippen molar-refractivity contribution in [2.75, 3.05) is 11.9 Å². The molecule has 2 aromatic heterocycles. The highest BCUT2D eigenvalue weighted by Crippen LogP contribution is 2.21. The number of nitrogens with zero attached hydrogens (tertiary/aromatic N) is 3. The van der Waals surface area contributed by atoms with Gasteiger partial charge in [-0.3, -0.25) is 0 Å². The number of anilines is 1. The lowest BCUT2D eigenvalue weighted by molar-refractivity contribution is 0.634. The van der Waals surface area contributed by atoms with E-state index in [1.807, 2.05) is 12.3 Å². The average Bonchev–Trinajstić information content (AvgIpc) is 2.82. The maximum atomic E-state index is 4.66. The van der Waals surface area contributed by atoms with Gasteiger partial charge in [0.1, 0.15) is 11.5 Å². The van der Waals surface area contributed by atoms with E-state index in [-0.39, 0.29) is 0 Å². The Morgan fingerprint density at radius 1 is 1.25 bits per heavy atom. The third kappa shape index (κ3) is 4.00. The summed E-state index contributed by atoms with van der Waals surface area (Å²) in [6, 6.07) is 2.05. The molecule has 2 aromatic rings. The van der Waals surface area contributed by atoms with Crippen LogP contribution in [0.2, 0.25) is 0 Å². The topological polar surface area (TPSA) is 50.7 Å². The predicted octanol–water partition coefficient (Wildman–Crippen LogP) is 3.93. The molecule has 108 valence electrons. The maximum Gasteiger partial charge on any atom is 0.181 e. The quantitative estimate of drug-likeness (QED) is 0.875. The van der Waals surface area contributed by atoms with E-state index in [0.717, 1.165) is 47.4 Å². The van der Waals surface area contributed by atoms with Gasteiger partial charge in [-0.15, -0.1) is 11.3 Å². The maximum absolute atomic E-state index is 4.66. The molecule has 2 rings (SSSR count). The van der Waals surface area contributed by atoms with Gasteiger partial charge >= 0.3 is 0 Å². The van der Waals surface area contributed by atoms with Gasteiger partial charge in [-0.05, 0) is 25.7 Å². The molecule has 0 amide bonds. The van der Waals surface area contributed by atoms with Crippen LogP contribution in [-0.2, 0) is 6.42 Å².